The Bertz CT molecular complexity index is 378. The zero-order valence-electron chi connectivity index (χ0n) is 9.72. The average molecular weight is 206 g/mol. The highest BCUT2D eigenvalue weighted by atomic mass is 16.2. The number of amides is 1. The normalized spacial score (nSPS) is 11.2. The molecule has 0 heterocycles. The number of nitrogens with two attached hydrogens (primary N) is 1. The van der Waals surface area contributed by atoms with Crippen LogP contribution in [0, 0.1) is 12.3 Å². The summed E-state index contributed by atoms with van der Waals surface area (Å²) in [7, 11) is 0. The maximum absolute atomic E-state index is 11.7. The molecular weight excluding hydrogens is 188 g/mol. The molecule has 0 saturated carbocycles. The van der Waals surface area contributed by atoms with Gasteiger partial charge in [-0.2, -0.15) is 0 Å². The fourth-order valence-electron chi connectivity index (χ4n) is 1.09. The first-order valence-electron chi connectivity index (χ1n) is 4.98. The van der Waals surface area contributed by atoms with Crippen LogP contribution in [0.25, 0.3) is 0 Å². The molecular formula is C12H18N2O. The summed E-state index contributed by atoms with van der Waals surface area (Å²) in [6.07, 6.45) is 0. The van der Waals surface area contributed by atoms with Crippen LogP contribution in [0.4, 0.5) is 11.4 Å². The number of hydrogen-bond donors (Lipinski definition) is 2. The second-order valence-electron chi connectivity index (χ2n) is 4.79. The van der Waals surface area contributed by atoms with Gasteiger partial charge in [0.1, 0.15) is 0 Å². The van der Waals surface area contributed by atoms with Crippen LogP contribution in [0.3, 0.4) is 0 Å². The standard InChI is InChI=1S/C12H18N2O/c1-8-5-6-9(13)10(7-8)14-11(15)12(2,3)4/h5-7H,13H2,1-4H3,(H,14,15). The monoisotopic (exact) mass is 206 g/mol. The van der Waals surface area contributed by atoms with E-state index in [1.165, 1.54) is 0 Å². The highest BCUT2D eigenvalue weighted by Crippen LogP contribution is 2.23. The third kappa shape index (κ3) is 2.98. The Morgan fingerprint density at radius 3 is 2.47 bits per heavy atom. The molecule has 0 aliphatic rings. The fourth-order valence-corrected chi connectivity index (χ4v) is 1.09. The summed E-state index contributed by atoms with van der Waals surface area (Å²) >= 11 is 0. The fraction of sp³-hybridized carbons (Fsp3) is 0.417. The lowest BCUT2D eigenvalue weighted by molar-refractivity contribution is -0.123. The molecule has 3 N–H and O–H groups in total. The number of carbonyl (C=O) groups is 1. The van der Waals surface area contributed by atoms with Crippen molar-refractivity contribution in [2.45, 2.75) is 27.7 Å². The lowest BCUT2D eigenvalue weighted by atomic mass is 9.95. The number of nitrogen functional groups attached to an aromatic ring is 1. The summed E-state index contributed by atoms with van der Waals surface area (Å²) in [6, 6.07) is 5.59. The minimum absolute atomic E-state index is 0.0280. The Morgan fingerprint density at radius 2 is 1.93 bits per heavy atom. The van der Waals surface area contributed by atoms with Crippen molar-refractivity contribution in [1.82, 2.24) is 0 Å². The van der Waals surface area contributed by atoms with Gasteiger partial charge in [-0.3, -0.25) is 4.79 Å². The van der Waals surface area contributed by atoms with Crippen LogP contribution in [0.15, 0.2) is 18.2 Å². The third-order valence-electron chi connectivity index (χ3n) is 2.14. The highest BCUT2D eigenvalue weighted by Gasteiger charge is 2.21. The number of carbonyl (C=O) groups excluding carboxylic acids is 1. The average Bonchev–Trinajstić information content (AvgIpc) is 2.09. The Kier molecular flexibility index (Phi) is 3.03. The molecule has 0 radical (unpaired) electrons. The molecule has 0 bridgehead atoms. The van der Waals surface area contributed by atoms with Crippen LogP contribution in [-0.2, 0) is 4.79 Å². The smallest absolute Gasteiger partial charge is 0.229 e. The van der Waals surface area contributed by atoms with Gasteiger partial charge in [0.2, 0.25) is 5.91 Å². The molecule has 1 rings (SSSR count). The van der Waals surface area contributed by atoms with Crippen molar-refractivity contribution in [1.29, 1.82) is 0 Å². The summed E-state index contributed by atoms with van der Waals surface area (Å²) in [4.78, 5) is 11.7. The molecule has 1 aromatic rings. The summed E-state index contributed by atoms with van der Waals surface area (Å²) in [5, 5.41) is 2.83. The molecule has 0 aromatic heterocycles. The van der Waals surface area contributed by atoms with E-state index >= 15 is 0 Å². The Labute approximate surface area is 90.7 Å². The van der Waals surface area contributed by atoms with Crippen LogP contribution in [0.1, 0.15) is 26.3 Å². The molecule has 1 amide bonds. The number of rotatable bonds is 1. The van der Waals surface area contributed by atoms with Gasteiger partial charge >= 0.3 is 0 Å². The first-order valence-corrected chi connectivity index (χ1v) is 4.98. The number of nitrogens with one attached hydrogen (secondary N) is 1. The summed E-state index contributed by atoms with van der Waals surface area (Å²) in [5.41, 5.74) is 7.72. The van der Waals surface area contributed by atoms with Crippen molar-refractivity contribution in [3.63, 3.8) is 0 Å². The Balaban J connectivity index is 2.90. The first kappa shape index (κ1) is 11.6. The van der Waals surface area contributed by atoms with E-state index in [0.29, 0.717) is 11.4 Å². The minimum Gasteiger partial charge on any atom is -0.397 e. The van der Waals surface area contributed by atoms with Gasteiger partial charge in [0.15, 0.2) is 0 Å². The predicted molar refractivity (Wildman–Crippen MR) is 63.7 cm³/mol. The summed E-state index contributed by atoms with van der Waals surface area (Å²) < 4.78 is 0. The second kappa shape index (κ2) is 3.93. The number of hydrogen-bond acceptors (Lipinski definition) is 2. The zero-order valence-corrected chi connectivity index (χ0v) is 9.72. The first-order chi connectivity index (χ1) is 6.80. The zero-order chi connectivity index (χ0) is 11.6. The number of anilines is 2. The van der Waals surface area contributed by atoms with Gasteiger partial charge in [0.25, 0.3) is 0 Å². The van der Waals surface area contributed by atoms with Crippen LogP contribution in [0.5, 0.6) is 0 Å². The summed E-state index contributed by atoms with van der Waals surface area (Å²) in [5.74, 6) is -0.0280. The second-order valence-corrected chi connectivity index (χ2v) is 4.79. The van der Waals surface area contributed by atoms with Crippen molar-refractivity contribution in [2.75, 3.05) is 11.1 Å². The maximum atomic E-state index is 11.7. The lowest BCUT2D eigenvalue weighted by Gasteiger charge is -2.18. The van der Waals surface area contributed by atoms with Crippen LogP contribution in [-0.4, -0.2) is 5.91 Å². The molecule has 0 unspecified atom stereocenters. The third-order valence-corrected chi connectivity index (χ3v) is 2.14. The Morgan fingerprint density at radius 1 is 1.33 bits per heavy atom. The Hall–Kier alpha value is -1.51. The molecule has 0 saturated heterocycles. The van der Waals surface area contributed by atoms with E-state index in [2.05, 4.69) is 5.32 Å². The van der Waals surface area contributed by atoms with E-state index in [9.17, 15) is 4.79 Å². The van der Waals surface area contributed by atoms with E-state index in [-0.39, 0.29) is 5.91 Å². The van der Waals surface area contributed by atoms with Crippen LogP contribution >= 0.6 is 0 Å². The maximum Gasteiger partial charge on any atom is 0.229 e. The van der Waals surface area contributed by atoms with E-state index in [4.69, 9.17) is 5.73 Å². The van der Waals surface area contributed by atoms with Crippen molar-refractivity contribution in [3.8, 4) is 0 Å². The van der Waals surface area contributed by atoms with Crippen LogP contribution in [0.2, 0.25) is 0 Å². The molecule has 15 heavy (non-hydrogen) atoms. The van der Waals surface area contributed by atoms with Crippen molar-refractivity contribution in [3.05, 3.63) is 23.8 Å². The van der Waals surface area contributed by atoms with Crippen molar-refractivity contribution in [2.24, 2.45) is 5.41 Å². The molecule has 0 fully saturated rings. The SMILES string of the molecule is Cc1ccc(N)c(NC(=O)C(C)(C)C)c1. The van der Waals surface area contributed by atoms with Gasteiger partial charge in [0.05, 0.1) is 11.4 Å². The molecule has 1 aromatic carbocycles. The number of benzene rings is 1. The number of aryl methyl sites for hydroxylation is 1. The van der Waals surface area contributed by atoms with Crippen LogP contribution < -0.4 is 11.1 Å². The van der Waals surface area contributed by atoms with E-state index < -0.39 is 5.41 Å². The van der Waals surface area contributed by atoms with E-state index in [1.807, 2.05) is 39.8 Å². The quantitative estimate of drug-likeness (QED) is 0.694. The van der Waals surface area contributed by atoms with E-state index in [1.54, 1.807) is 6.07 Å². The lowest BCUT2D eigenvalue weighted by Crippen LogP contribution is -2.28. The largest absolute Gasteiger partial charge is 0.397 e. The van der Waals surface area contributed by atoms with Gasteiger partial charge in [-0.25, -0.2) is 0 Å². The van der Waals surface area contributed by atoms with Gasteiger partial charge < -0.3 is 11.1 Å². The summed E-state index contributed by atoms with van der Waals surface area (Å²) in [6.45, 7) is 7.57. The van der Waals surface area contributed by atoms with Crippen molar-refractivity contribution >= 4 is 17.3 Å². The molecule has 3 heteroatoms. The van der Waals surface area contributed by atoms with E-state index in [0.717, 1.165) is 5.56 Å². The topological polar surface area (TPSA) is 55.1 Å². The van der Waals surface area contributed by atoms with Gasteiger partial charge in [-0.1, -0.05) is 26.8 Å². The molecule has 0 spiro atoms. The predicted octanol–water partition coefficient (Wildman–Crippen LogP) is 2.56. The van der Waals surface area contributed by atoms with Gasteiger partial charge in [-0.15, -0.1) is 0 Å². The molecule has 0 aliphatic heterocycles. The van der Waals surface area contributed by atoms with Crippen molar-refractivity contribution < 1.29 is 4.79 Å². The van der Waals surface area contributed by atoms with Gasteiger partial charge in [0, 0.05) is 5.41 Å². The molecule has 0 atom stereocenters. The van der Waals surface area contributed by atoms with Gasteiger partial charge in [-0.05, 0) is 24.6 Å². The highest BCUT2D eigenvalue weighted by molar-refractivity contribution is 5.97. The molecule has 3 nitrogen and oxygen atoms in total. The minimum atomic E-state index is -0.407. The molecule has 82 valence electrons. The molecule has 0 aliphatic carbocycles.